The van der Waals surface area contributed by atoms with E-state index in [0.717, 1.165) is 4.88 Å². The summed E-state index contributed by atoms with van der Waals surface area (Å²) in [5.74, 6) is -1.48. The zero-order valence-electron chi connectivity index (χ0n) is 14.5. The molecule has 1 N–H and O–H groups in total. The third kappa shape index (κ3) is 4.48. The highest BCUT2D eigenvalue weighted by Gasteiger charge is 2.49. The molecule has 1 aliphatic heterocycles. The molecule has 1 unspecified atom stereocenters. The molecule has 0 spiro atoms. The lowest BCUT2D eigenvalue weighted by atomic mass is 10.1. The fraction of sp³-hybridized carbons (Fsp3) is 0.333. The van der Waals surface area contributed by atoms with Crippen molar-refractivity contribution in [2.75, 3.05) is 23.8 Å². The highest BCUT2D eigenvalue weighted by atomic mass is 32.1. The Hall–Kier alpha value is -2.39. The minimum Gasteiger partial charge on any atom is -0.324 e. The standard InChI is InChI=1S/C18H18F3N3O2S/c1-23(10-12-5-4-8-27-12)11-17(26)24-14-7-3-2-6-13(14)22-16(25)9-15(24)18(19,20)21/h2-8,15H,9-11H2,1H3,(H,22,25). The SMILES string of the molecule is CN(CC(=O)N1c2ccccc2NC(=O)CC1C(F)(F)F)Cc1cccs1. The van der Waals surface area contributed by atoms with Crippen molar-refractivity contribution >= 4 is 34.5 Å². The molecule has 5 nitrogen and oxygen atoms in total. The molecule has 9 heteroatoms. The Morgan fingerprint density at radius 2 is 2.04 bits per heavy atom. The Morgan fingerprint density at radius 1 is 1.30 bits per heavy atom. The summed E-state index contributed by atoms with van der Waals surface area (Å²) in [6.45, 7) is 0.250. The van der Waals surface area contributed by atoms with E-state index in [4.69, 9.17) is 0 Å². The number of carbonyl (C=O) groups excluding carboxylic acids is 2. The van der Waals surface area contributed by atoms with Crippen molar-refractivity contribution in [2.24, 2.45) is 0 Å². The van der Waals surface area contributed by atoms with Crippen molar-refractivity contribution in [3.63, 3.8) is 0 Å². The van der Waals surface area contributed by atoms with Crippen LogP contribution in [0.2, 0.25) is 0 Å². The van der Waals surface area contributed by atoms with Crippen LogP contribution in [0.5, 0.6) is 0 Å². The van der Waals surface area contributed by atoms with Crippen LogP contribution in [0.3, 0.4) is 0 Å². The number of nitrogens with one attached hydrogen (secondary N) is 1. The lowest BCUT2D eigenvalue weighted by Gasteiger charge is -2.32. The quantitative estimate of drug-likeness (QED) is 0.859. The molecule has 2 aromatic rings. The highest BCUT2D eigenvalue weighted by Crippen LogP contribution is 2.37. The largest absolute Gasteiger partial charge is 0.409 e. The van der Waals surface area contributed by atoms with E-state index in [1.807, 2.05) is 17.5 Å². The number of nitrogens with zero attached hydrogens (tertiary/aromatic N) is 2. The van der Waals surface area contributed by atoms with E-state index >= 15 is 0 Å². The van der Waals surface area contributed by atoms with Crippen molar-refractivity contribution in [3.8, 4) is 0 Å². The first kappa shape index (κ1) is 19.4. The molecule has 2 heterocycles. The van der Waals surface area contributed by atoms with E-state index in [1.54, 1.807) is 24.1 Å². The Labute approximate surface area is 158 Å². The van der Waals surface area contributed by atoms with Gasteiger partial charge in [-0.15, -0.1) is 11.3 Å². The third-order valence-electron chi connectivity index (χ3n) is 4.19. The van der Waals surface area contributed by atoms with Gasteiger partial charge in [-0.1, -0.05) is 18.2 Å². The number of para-hydroxylation sites is 2. The van der Waals surface area contributed by atoms with Gasteiger partial charge in [0.1, 0.15) is 6.04 Å². The first-order valence-electron chi connectivity index (χ1n) is 8.24. The van der Waals surface area contributed by atoms with Crippen LogP contribution in [-0.4, -0.2) is 42.5 Å². The normalized spacial score (nSPS) is 17.4. The number of rotatable bonds is 4. The first-order chi connectivity index (χ1) is 12.8. The van der Waals surface area contributed by atoms with Gasteiger partial charge in [0.25, 0.3) is 0 Å². The Kier molecular flexibility index (Phi) is 5.52. The molecule has 0 saturated carbocycles. The summed E-state index contributed by atoms with van der Waals surface area (Å²) in [6, 6.07) is 7.60. The summed E-state index contributed by atoms with van der Waals surface area (Å²) in [5, 5.41) is 4.35. The van der Waals surface area contributed by atoms with Gasteiger partial charge in [-0.05, 0) is 30.6 Å². The van der Waals surface area contributed by atoms with Gasteiger partial charge in [0.15, 0.2) is 0 Å². The molecule has 27 heavy (non-hydrogen) atoms. The number of benzene rings is 1. The van der Waals surface area contributed by atoms with Crippen LogP contribution in [-0.2, 0) is 16.1 Å². The number of halogens is 3. The number of carbonyl (C=O) groups is 2. The second kappa shape index (κ2) is 7.69. The molecule has 1 aliphatic rings. The number of alkyl halides is 3. The minimum atomic E-state index is -4.73. The molecule has 1 atom stereocenters. The van der Waals surface area contributed by atoms with E-state index in [1.165, 1.54) is 23.5 Å². The highest BCUT2D eigenvalue weighted by molar-refractivity contribution is 7.09. The monoisotopic (exact) mass is 397 g/mol. The van der Waals surface area contributed by atoms with Crippen LogP contribution in [0.4, 0.5) is 24.5 Å². The fourth-order valence-corrected chi connectivity index (χ4v) is 3.81. The molecule has 0 aliphatic carbocycles. The van der Waals surface area contributed by atoms with Crippen LogP contribution in [0.25, 0.3) is 0 Å². The van der Waals surface area contributed by atoms with Gasteiger partial charge in [0.2, 0.25) is 11.8 Å². The topological polar surface area (TPSA) is 52.7 Å². The van der Waals surface area contributed by atoms with Gasteiger partial charge >= 0.3 is 6.18 Å². The van der Waals surface area contributed by atoms with E-state index in [2.05, 4.69) is 5.32 Å². The van der Waals surface area contributed by atoms with Crippen molar-refractivity contribution < 1.29 is 22.8 Å². The summed E-state index contributed by atoms with van der Waals surface area (Å²) in [7, 11) is 1.67. The van der Waals surface area contributed by atoms with Crippen LogP contribution in [0, 0.1) is 0 Å². The van der Waals surface area contributed by atoms with Gasteiger partial charge in [0, 0.05) is 11.4 Å². The van der Waals surface area contributed by atoms with Crippen molar-refractivity contribution in [1.29, 1.82) is 0 Å². The number of fused-ring (bicyclic) bond motifs is 1. The second-order valence-electron chi connectivity index (χ2n) is 6.34. The van der Waals surface area contributed by atoms with Crippen LogP contribution in [0.1, 0.15) is 11.3 Å². The molecule has 0 fully saturated rings. The molecule has 1 aromatic heterocycles. The number of hydrogen-bond acceptors (Lipinski definition) is 4. The summed E-state index contributed by atoms with van der Waals surface area (Å²) in [4.78, 5) is 28.2. The number of anilines is 2. The van der Waals surface area contributed by atoms with E-state index in [9.17, 15) is 22.8 Å². The summed E-state index contributed by atoms with van der Waals surface area (Å²) in [6.07, 6.45) is -5.56. The number of thiophene rings is 1. The van der Waals surface area contributed by atoms with Gasteiger partial charge in [-0.3, -0.25) is 19.4 Å². The molecular formula is C18H18F3N3O2S. The third-order valence-corrected chi connectivity index (χ3v) is 5.05. The van der Waals surface area contributed by atoms with Gasteiger partial charge in [0.05, 0.1) is 24.3 Å². The predicted molar refractivity (Wildman–Crippen MR) is 97.7 cm³/mol. The predicted octanol–water partition coefficient (Wildman–Crippen LogP) is 3.49. The Morgan fingerprint density at radius 3 is 2.70 bits per heavy atom. The molecule has 1 aromatic carbocycles. The van der Waals surface area contributed by atoms with Crippen molar-refractivity contribution in [1.82, 2.24) is 4.90 Å². The smallest absolute Gasteiger partial charge is 0.324 e. The molecular weight excluding hydrogens is 379 g/mol. The maximum atomic E-state index is 13.7. The molecule has 0 radical (unpaired) electrons. The average Bonchev–Trinajstić information content (AvgIpc) is 3.01. The van der Waals surface area contributed by atoms with Gasteiger partial charge in [-0.25, -0.2) is 0 Å². The van der Waals surface area contributed by atoms with E-state index in [0.29, 0.717) is 11.4 Å². The van der Waals surface area contributed by atoms with Crippen LogP contribution in [0.15, 0.2) is 41.8 Å². The molecule has 0 bridgehead atoms. The second-order valence-corrected chi connectivity index (χ2v) is 7.37. The molecule has 144 valence electrons. The molecule has 2 amide bonds. The van der Waals surface area contributed by atoms with E-state index in [-0.39, 0.29) is 17.9 Å². The van der Waals surface area contributed by atoms with Crippen LogP contribution >= 0.6 is 11.3 Å². The number of amides is 2. The van der Waals surface area contributed by atoms with Gasteiger partial charge < -0.3 is 5.32 Å². The Balaban J connectivity index is 1.90. The summed E-state index contributed by atoms with van der Waals surface area (Å²) < 4.78 is 41.0. The molecule has 0 saturated heterocycles. The maximum Gasteiger partial charge on any atom is 0.409 e. The average molecular weight is 397 g/mol. The summed E-state index contributed by atoms with van der Waals surface area (Å²) in [5.41, 5.74) is 0.253. The van der Waals surface area contributed by atoms with Crippen molar-refractivity contribution in [3.05, 3.63) is 46.7 Å². The summed E-state index contributed by atoms with van der Waals surface area (Å²) >= 11 is 1.51. The van der Waals surface area contributed by atoms with Crippen LogP contribution < -0.4 is 10.2 Å². The fourth-order valence-electron chi connectivity index (χ4n) is 3.03. The minimum absolute atomic E-state index is 0.0557. The lowest BCUT2D eigenvalue weighted by Crippen LogP contribution is -2.52. The van der Waals surface area contributed by atoms with Crippen molar-refractivity contribution in [2.45, 2.75) is 25.2 Å². The zero-order chi connectivity index (χ0) is 19.6. The number of hydrogen-bond donors (Lipinski definition) is 1. The molecule has 3 rings (SSSR count). The number of likely N-dealkylation sites (N-methyl/N-ethyl adjacent to an activating group) is 1. The van der Waals surface area contributed by atoms with Gasteiger partial charge in [-0.2, -0.15) is 13.2 Å². The van der Waals surface area contributed by atoms with E-state index < -0.39 is 30.5 Å². The Bertz CT molecular complexity index is 824. The lowest BCUT2D eigenvalue weighted by molar-refractivity contribution is -0.158. The first-order valence-corrected chi connectivity index (χ1v) is 9.12. The zero-order valence-corrected chi connectivity index (χ0v) is 15.3. The maximum absolute atomic E-state index is 13.7.